The van der Waals surface area contributed by atoms with Crippen LogP contribution in [-0.2, 0) is 4.79 Å². The van der Waals surface area contributed by atoms with E-state index in [1.165, 1.54) is 308 Å². The van der Waals surface area contributed by atoms with E-state index in [9.17, 15) is 25.2 Å². The molecule has 0 aromatic heterocycles. The molecule has 0 aliphatic rings. The molecule has 79 heavy (non-hydrogen) atoms. The van der Waals surface area contributed by atoms with Crippen molar-refractivity contribution in [3.05, 3.63) is 36.5 Å². The van der Waals surface area contributed by atoms with Crippen LogP contribution in [0.5, 0.6) is 0 Å². The van der Waals surface area contributed by atoms with Gasteiger partial charge in [-0.1, -0.05) is 365 Å². The smallest absolute Gasteiger partial charge is 0.249 e. The standard InChI is InChI=1S/C73H141NO5/c1-3-5-7-9-11-13-15-17-19-21-23-25-27-29-30-31-32-33-34-35-36-37-38-39-40-41-43-45-47-49-51-53-55-57-59-61-63-65-67-71(77)73(79)74-69(68-75)72(78)70(76)66-64-62-60-58-56-54-52-50-48-46-44-42-28-26-24-22-20-18-16-14-12-10-8-6-4-2/h42,44,50,52,58,60,69-72,75-78H,3-41,43,45-49,51,53-57,59,61-68H2,1-2H3,(H,74,79)/b44-42+,52-50+,60-58+. The Bertz CT molecular complexity index is 1250. The average molecular weight is 1110 g/mol. The molecule has 0 radical (unpaired) electrons. The van der Waals surface area contributed by atoms with Crippen LogP contribution in [0.25, 0.3) is 0 Å². The van der Waals surface area contributed by atoms with E-state index < -0.39 is 36.9 Å². The molecule has 0 aliphatic carbocycles. The summed E-state index contributed by atoms with van der Waals surface area (Å²) in [6.45, 7) is 4.09. The van der Waals surface area contributed by atoms with E-state index in [0.29, 0.717) is 19.3 Å². The number of hydrogen-bond acceptors (Lipinski definition) is 5. The molecule has 468 valence electrons. The van der Waals surface area contributed by atoms with Gasteiger partial charge in [0.2, 0.25) is 5.91 Å². The second-order valence-corrected chi connectivity index (χ2v) is 24.9. The first kappa shape index (κ1) is 77.5. The van der Waals surface area contributed by atoms with E-state index in [1.807, 2.05) is 0 Å². The molecule has 0 aromatic rings. The molecule has 0 aliphatic heterocycles. The molecule has 1 amide bonds. The van der Waals surface area contributed by atoms with Crippen LogP contribution in [0.3, 0.4) is 0 Å². The molecular formula is C73H141NO5. The van der Waals surface area contributed by atoms with Crippen molar-refractivity contribution in [1.82, 2.24) is 5.32 Å². The first-order chi connectivity index (χ1) is 39.0. The van der Waals surface area contributed by atoms with Crippen LogP contribution < -0.4 is 5.32 Å². The summed E-state index contributed by atoms with van der Waals surface area (Å²) in [5.74, 6) is -0.592. The van der Waals surface area contributed by atoms with Crippen molar-refractivity contribution < 1.29 is 25.2 Å². The van der Waals surface area contributed by atoms with E-state index in [-0.39, 0.29) is 0 Å². The zero-order chi connectivity index (χ0) is 57.3. The highest BCUT2D eigenvalue weighted by molar-refractivity contribution is 5.80. The molecule has 4 atom stereocenters. The molecule has 0 saturated carbocycles. The molecule has 0 fully saturated rings. The van der Waals surface area contributed by atoms with Crippen molar-refractivity contribution in [2.75, 3.05) is 6.61 Å². The Hall–Kier alpha value is -1.47. The lowest BCUT2D eigenvalue weighted by Crippen LogP contribution is -2.53. The van der Waals surface area contributed by atoms with Gasteiger partial charge in [-0.15, -0.1) is 0 Å². The van der Waals surface area contributed by atoms with Crippen LogP contribution in [-0.4, -0.2) is 57.3 Å². The van der Waals surface area contributed by atoms with Crippen molar-refractivity contribution in [3.8, 4) is 0 Å². The first-order valence-electron chi connectivity index (χ1n) is 35.9. The van der Waals surface area contributed by atoms with Gasteiger partial charge < -0.3 is 25.7 Å². The Morgan fingerprint density at radius 2 is 0.532 bits per heavy atom. The van der Waals surface area contributed by atoms with Crippen LogP contribution in [0, 0.1) is 0 Å². The van der Waals surface area contributed by atoms with Crippen molar-refractivity contribution >= 4 is 5.91 Å². The number of hydrogen-bond donors (Lipinski definition) is 5. The van der Waals surface area contributed by atoms with Gasteiger partial charge in [-0.05, 0) is 64.2 Å². The summed E-state index contributed by atoms with van der Waals surface area (Å²) in [6.07, 6.45) is 87.2. The molecule has 6 nitrogen and oxygen atoms in total. The fourth-order valence-corrected chi connectivity index (χ4v) is 11.5. The van der Waals surface area contributed by atoms with Crippen LogP contribution in [0.4, 0.5) is 0 Å². The van der Waals surface area contributed by atoms with Crippen LogP contribution in [0.2, 0.25) is 0 Å². The molecular weight excluding hydrogens is 971 g/mol. The van der Waals surface area contributed by atoms with Gasteiger partial charge in [0.1, 0.15) is 12.2 Å². The summed E-state index contributed by atoms with van der Waals surface area (Å²) in [5.41, 5.74) is 0. The van der Waals surface area contributed by atoms with E-state index in [2.05, 4.69) is 55.6 Å². The van der Waals surface area contributed by atoms with Gasteiger partial charge in [-0.2, -0.15) is 0 Å². The predicted octanol–water partition coefficient (Wildman–Crippen LogP) is 22.3. The minimum atomic E-state index is -1.29. The minimum absolute atomic E-state index is 0.362. The number of unbranched alkanes of at least 4 members (excludes halogenated alkanes) is 52. The Kier molecular flexibility index (Phi) is 66.1. The number of amides is 1. The number of aliphatic hydroxyl groups is 4. The monoisotopic (exact) mass is 1110 g/mol. The van der Waals surface area contributed by atoms with E-state index >= 15 is 0 Å². The Labute approximate surface area is 494 Å². The Morgan fingerprint density at radius 3 is 0.797 bits per heavy atom. The van der Waals surface area contributed by atoms with Gasteiger partial charge in [-0.3, -0.25) is 4.79 Å². The molecule has 0 bridgehead atoms. The Balaban J connectivity index is 3.55. The largest absolute Gasteiger partial charge is 0.394 e. The molecule has 0 aromatic carbocycles. The summed E-state index contributed by atoms with van der Waals surface area (Å²) in [6, 6.07) is -1.01. The van der Waals surface area contributed by atoms with E-state index in [1.54, 1.807) is 0 Å². The molecule has 4 unspecified atom stereocenters. The van der Waals surface area contributed by atoms with Crippen LogP contribution in [0.15, 0.2) is 36.5 Å². The summed E-state index contributed by atoms with van der Waals surface area (Å²) >= 11 is 0. The van der Waals surface area contributed by atoms with E-state index in [4.69, 9.17) is 0 Å². The zero-order valence-corrected chi connectivity index (χ0v) is 53.4. The first-order valence-corrected chi connectivity index (χ1v) is 35.9. The zero-order valence-electron chi connectivity index (χ0n) is 53.4. The third-order valence-electron chi connectivity index (χ3n) is 17.1. The van der Waals surface area contributed by atoms with Gasteiger partial charge in [0, 0.05) is 0 Å². The number of carbonyl (C=O) groups is 1. The third-order valence-corrected chi connectivity index (χ3v) is 17.1. The lowest BCUT2D eigenvalue weighted by molar-refractivity contribution is -0.132. The van der Waals surface area contributed by atoms with Gasteiger partial charge in [0.25, 0.3) is 0 Å². The second kappa shape index (κ2) is 67.3. The number of nitrogens with one attached hydrogen (secondary N) is 1. The summed E-state index contributed by atoms with van der Waals surface area (Å²) in [7, 11) is 0. The number of carbonyl (C=O) groups excluding carboxylic acids is 1. The normalized spacial score (nSPS) is 13.6. The highest BCUT2D eigenvalue weighted by atomic mass is 16.3. The second-order valence-electron chi connectivity index (χ2n) is 24.9. The number of allylic oxidation sites excluding steroid dienone is 6. The van der Waals surface area contributed by atoms with Crippen molar-refractivity contribution in [2.24, 2.45) is 0 Å². The van der Waals surface area contributed by atoms with E-state index in [0.717, 1.165) is 51.4 Å². The summed E-state index contributed by atoms with van der Waals surface area (Å²) < 4.78 is 0. The van der Waals surface area contributed by atoms with Gasteiger partial charge >= 0.3 is 0 Å². The molecule has 0 heterocycles. The van der Waals surface area contributed by atoms with Gasteiger partial charge in [-0.25, -0.2) is 0 Å². The van der Waals surface area contributed by atoms with Gasteiger partial charge in [0.05, 0.1) is 18.8 Å². The fourth-order valence-electron chi connectivity index (χ4n) is 11.5. The maximum atomic E-state index is 12.7. The topological polar surface area (TPSA) is 110 Å². The molecule has 5 N–H and O–H groups in total. The lowest BCUT2D eigenvalue weighted by atomic mass is 10.00. The van der Waals surface area contributed by atoms with Crippen molar-refractivity contribution in [3.63, 3.8) is 0 Å². The highest BCUT2D eigenvalue weighted by Crippen LogP contribution is 2.19. The van der Waals surface area contributed by atoms with Crippen molar-refractivity contribution in [2.45, 2.75) is 417 Å². The average Bonchev–Trinajstić information content (AvgIpc) is 3.45. The highest BCUT2D eigenvalue weighted by Gasteiger charge is 2.28. The summed E-state index contributed by atoms with van der Waals surface area (Å²) in [4.78, 5) is 12.7. The molecule has 0 saturated heterocycles. The SMILES string of the molecule is CCCCCCCCCCCCCC/C=C/CC/C=C/CC/C=C/CCCC(O)C(O)C(CO)NC(=O)C(O)CCCCCCCCCCCCCCCCCCCCCCCCCCCCCCCCCCCCCCCC. The quantitative estimate of drug-likeness (QED) is 0.0308. The minimum Gasteiger partial charge on any atom is -0.394 e. The fraction of sp³-hybridized carbons (Fsp3) is 0.904. The number of aliphatic hydroxyl groups excluding tert-OH is 4. The number of rotatable bonds is 67. The third kappa shape index (κ3) is 60.9. The summed E-state index contributed by atoms with van der Waals surface area (Å²) in [5, 5.41) is 44.2. The van der Waals surface area contributed by atoms with Gasteiger partial charge in [0.15, 0.2) is 0 Å². The van der Waals surface area contributed by atoms with Crippen molar-refractivity contribution in [1.29, 1.82) is 0 Å². The Morgan fingerprint density at radius 1 is 0.304 bits per heavy atom. The predicted molar refractivity (Wildman–Crippen MR) is 348 cm³/mol. The molecule has 0 spiro atoms. The lowest BCUT2D eigenvalue weighted by Gasteiger charge is -2.27. The maximum Gasteiger partial charge on any atom is 0.249 e. The van der Waals surface area contributed by atoms with Crippen LogP contribution >= 0.6 is 0 Å². The molecule has 0 rings (SSSR count). The maximum absolute atomic E-state index is 12.7. The molecule has 6 heteroatoms. The van der Waals surface area contributed by atoms with Crippen LogP contribution in [0.1, 0.15) is 393 Å².